The molecule has 1 heteroatoms. The summed E-state index contributed by atoms with van der Waals surface area (Å²) in [7, 11) is -1.62. The van der Waals surface area contributed by atoms with Gasteiger partial charge in [0, 0.05) is 0 Å². The second-order valence-electron chi connectivity index (χ2n) is 23.9. The van der Waals surface area contributed by atoms with Gasteiger partial charge in [-0.1, -0.05) is 127 Å². The molecule has 0 aliphatic heterocycles. The molecule has 7 saturated carbocycles. The zero-order valence-corrected chi connectivity index (χ0v) is 36.6. The van der Waals surface area contributed by atoms with Crippen molar-refractivity contribution in [3.05, 3.63) is 0 Å². The van der Waals surface area contributed by atoms with Crippen LogP contribution >= 0.6 is 0 Å². The van der Waals surface area contributed by atoms with Crippen molar-refractivity contribution >= 4 is 8.07 Å². The third-order valence-electron chi connectivity index (χ3n) is 19.5. The van der Waals surface area contributed by atoms with Crippen molar-refractivity contribution in [2.75, 3.05) is 0 Å². The van der Waals surface area contributed by atoms with Gasteiger partial charge in [0.15, 0.2) is 0 Å². The van der Waals surface area contributed by atoms with Crippen LogP contribution in [0.3, 0.4) is 0 Å². The fourth-order valence-corrected chi connectivity index (χ4v) is 25.9. The van der Waals surface area contributed by atoms with Crippen molar-refractivity contribution in [3.8, 4) is 0 Å². The maximum Gasteiger partial charge on any atom is 0.0609 e. The Morgan fingerprint density at radius 3 is 1.36 bits per heavy atom. The molecule has 0 radical (unpaired) electrons. The zero-order valence-electron chi connectivity index (χ0n) is 35.6. The molecule has 0 aromatic rings. The number of rotatable bonds is 6. The molecule has 0 amide bonds. The van der Waals surface area contributed by atoms with Gasteiger partial charge in [-0.3, -0.25) is 0 Å². The maximum atomic E-state index is 3.19. The van der Waals surface area contributed by atoms with Gasteiger partial charge in [0.25, 0.3) is 0 Å². The molecule has 7 rings (SSSR count). The van der Waals surface area contributed by atoms with Gasteiger partial charge < -0.3 is 0 Å². The van der Waals surface area contributed by atoms with E-state index in [2.05, 4.69) is 68.9 Å². The van der Waals surface area contributed by atoms with Crippen molar-refractivity contribution in [2.45, 2.75) is 220 Å². The fraction of sp³-hybridized carbons (Fsp3) is 1.00. The molecule has 11 atom stereocenters. The van der Waals surface area contributed by atoms with E-state index in [-0.39, 0.29) is 0 Å². The van der Waals surface area contributed by atoms with E-state index < -0.39 is 8.07 Å². The lowest BCUT2D eigenvalue weighted by Crippen LogP contribution is -2.54. The molecule has 7 fully saturated rings. The van der Waals surface area contributed by atoms with E-state index in [1.807, 2.05) is 0 Å². The summed E-state index contributed by atoms with van der Waals surface area (Å²) in [5.41, 5.74) is 4.43. The first kappa shape index (κ1) is 38.5. The van der Waals surface area contributed by atoms with Crippen LogP contribution in [0.2, 0.25) is 23.2 Å². The Labute approximate surface area is 315 Å². The standard InChI is InChI=1S/C49H88Si/c1-32(2)43-31-45-40(35-24-28-37(29-25-35)49(7,8)9)19-15-21-42(45)47(43)50(10,38-16-12-11-13-17-38)46-33(3)30-44-39(18-14-20-41(44)46)34-22-26-36(27-23-34)48(4,5)6/h32-47H,11-31H2,1-10H3. The summed E-state index contributed by atoms with van der Waals surface area (Å²) in [6.07, 6.45) is 33.1. The molecule has 0 saturated heterocycles. The molecular weight excluding hydrogens is 617 g/mol. The Hall–Kier alpha value is 0.217. The molecule has 288 valence electrons. The molecule has 7 aliphatic carbocycles. The summed E-state index contributed by atoms with van der Waals surface area (Å²) in [6, 6.07) is 0. The van der Waals surface area contributed by atoms with Gasteiger partial charge in [-0.25, -0.2) is 0 Å². The normalized spacial score (nSPS) is 46.4. The monoisotopic (exact) mass is 705 g/mol. The molecule has 7 aliphatic rings. The van der Waals surface area contributed by atoms with Crippen LogP contribution in [0.15, 0.2) is 0 Å². The van der Waals surface area contributed by atoms with Gasteiger partial charge in [0.2, 0.25) is 0 Å². The highest BCUT2D eigenvalue weighted by Gasteiger charge is 2.64. The van der Waals surface area contributed by atoms with Crippen molar-refractivity contribution in [1.29, 1.82) is 0 Å². The predicted molar refractivity (Wildman–Crippen MR) is 221 cm³/mol. The molecule has 11 unspecified atom stereocenters. The van der Waals surface area contributed by atoms with E-state index in [9.17, 15) is 0 Å². The Morgan fingerprint density at radius 1 is 0.460 bits per heavy atom. The fourth-order valence-electron chi connectivity index (χ4n) is 17.2. The van der Waals surface area contributed by atoms with E-state index >= 15 is 0 Å². The van der Waals surface area contributed by atoms with Crippen LogP contribution in [0, 0.1) is 87.8 Å². The van der Waals surface area contributed by atoms with Crippen molar-refractivity contribution in [2.24, 2.45) is 87.8 Å². The molecule has 0 spiro atoms. The van der Waals surface area contributed by atoms with Gasteiger partial charge in [0.05, 0.1) is 8.07 Å². The molecule has 0 aromatic heterocycles. The van der Waals surface area contributed by atoms with Crippen LogP contribution in [0.4, 0.5) is 0 Å². The number of hydrogen-bond donors (Lipinski definition) is 0. The lowest BCUT2D eigenvalue weighted by Gasteiger charge is -2.56. The minimum atomic E-state index is -1.62. The average molecular weight is 705 g/mol. The quantitative estimate of drug-likeness (QED) is 0.241. The van der Waals surface area contributed by atoms with Crippen molar-refractivity contribution < 1.29 is 0 Å². The van der Waals surface area contributed by atoms with Crippen LogP contribution in [0.5, 0.6) is 0 Å². The summed E-state index contributed by atoms with van der Waals surface area (Å²) in [5.74, 6) is 13.5. The number of fused-ring (bicyclic) bond motifs is 2. The second-order valence-corrected chi connectivity index (χ2v) is 28.8. The number of hydrogen-bond acceptors (Lipinski definition) is 0. The Kier molecular flexibility index (Phi) is 11.6. The molecular formula is C49H88Si. The lowest BCUT2D eigenvalue weighted by molar-refractivity contribution is 0.0617. The summed E-state index contributed by atoms with van der Waals surface area (Å²) in [4.78, 5) is 0. The van der Waals surface area contributed by atoms with Gasteiger partial charge in [-0.2, -0.15) is 0 Å². The highest BCUT2D eigenvalue weighted by Crippen LogP contribution is 2.71. The first-order valence-electron chi connectivity index (χ1n) is 23.7. The second kappa shape index (κ2) is 15.0. The predicted octanol–water partition coefficient (Wildman–Crippen LogP) is 15.6. The summed E-state index contributed by atoms with van der Waals surface area (Å²) >= 11 is 0. The van der Waals surface area contributed by atoms with Gasteiger partial charge in [0.1, 0.15) is 0 Å². The summed E-state index contributed by atoms with van der Waals surface area (Å²) < 4.78 is 0. The van der Waals surface area contributed by atoms with E-state index in [1.165, 1.54) is 32.1 Å². The maximum absolute atomic E-state index is 3.19. The highest BCUT2D eigenvalue weighted by atomic mass is 28.3. The van der Waals surface area contributed by atoms with E-state index in [4.69, 9.17) is 0 Å². The molecule has 0 N–H and O–H groups in total. The summed E-state index contributed by atoms with van der Waals surface area (Å²) in [6.45, 7) is 26.6. The Morgan fingerprint density at radius 2 is 0.900 bits per heavy atom. The topological polar surface area (TPSA) is 0 Å². The zero-order chi connectivity index (χ0) is 35.6. The largest absolute Gasteiger partial charge is 0.0685 e. The van der Waals surface area contributed by atoms with Gasteiger partial charge in [-0.15, -0.1) is 0 Å². The molecule has 0 aromatic carbocycles. The Balaban J connectivity index is 1.17. The SMILES string of the molecule is CC(C)C1CC2C(C3CCC(C(C)(C)C)CC3)CCCC2C1[Si](C)(C1CCCCC1)C1C(C)CC2C(C3CCC(C(C)(C)C)CC3)CCCC21. The average Bonchev–Trinajstić information content (AvgIpc) is 3.66. The van der Waals surface area contributed by atoms with Gasteiger partial charge >= 0.3 is 0 Å². The minimum absolute atomic E-state index is 0.508. The molecule has 0 heterocycles. The van der Waals surface area contributed by atoms with E-state index in [1.54, 1.807) is 103 Å². The van der Waals surface area contributed by atoms with Crippen LogP contribution in [0.25, 0.3) is 0 Å². The minimum Gasteiger partial charge on any atom is -0.0685 e. The van der Waals surface area contributed by atoms with Crippen molar-refractivity contribution in [1.82, 2.24) is 0 Å². The van der Waals surface area contributed by atoms with E-state index in [0.717, 1.165) is 93.6 Å². The third-order valence-corrected chi connectivity index (χ3v) is 26.6. The van der Waals surface area contributed by atoms with Crippen LogP contribution < -0.4 is 0 Å². The molecule has 50 heavy (non-hydrogen) atoms. The van der Waals surface area contributed by atoms with Crippen molar-refractivity contribution in [3.63, 3.8) is 0 Å². The summed E-state index contributed by atoms with van der Waals surface area (Å²) in [5, 5.41) is 0. The van der Waals surface area contributed by atoms with Crippen LogP contribution in [0.1, 0.15) is 197 Å². The first-order valence-corrected chi connectivity index (χ1v) is 26.4. The van der Waals surface area contributed by atoms with Crippen LogP contribution in [-0.4, -0.2) is 8.07 Å². The molecule has 0 nitrogen and oxygen atoms in total. The Bertz CT molecular complexity index is 1090. The first-order chi connectivity index (χ1) is 23.7. The smallest absolute Gasteiger partial charge is 0.0609 e. The molecule has 0 bridgehead atoms. The lowest BCUT2D eigenvalue weighted by atomic mass is 9.61. The van der Waals surface area contributed by atoms with E-state index in [0.29, 0.717) is 10.8 Å². The third kappa shape index (κ3) is 7.20. The van der Waals surface area contributed by atoms with Crippen LogP contribution in [-0.2, 0) is 0 Å². The highest BCUT2D eigenvalue weighted by molar-refractivity contribution is 6.83. The van der Waals surface area contributed by atoms with Gasteiger partial charge in [-0.05, 0) is 181 Å².